The topological polar surface area (TPSA) is 128 Å². The number of thioether (sulfide) groups is 1. The molecule has 0 aromatic heterocycles. The van der Waals surface area contributed by atoms with E-state index in [0.29, 0.717) is 30.4 Å². The number of carbonyl (C=O) groups is 4. The van der Waals surface area contributed by atoms with Gasteiger partial charge in [-0.05, 0) is 91.9 Å². The predicted molar refractivity (Wildman–Crippen MR) is 174 cm³/mol. The van der Waals surface area contributed by atoms with Crippen molar-refractivity contribution in [2.24, 2.45) is 23.7 Å². The summed E-state index contributed by atoms with van der Waals surface area (Å²) in [4.78, 5) is 52.4. The Kier molecular flexibility index (Phi) is 11.2. The lowest BCUT2D eigenvalue weighted by Gasteiger charge is -2.54. The molecule has 2 aromatic rings. The summed E-state index contributed by atoms with van der Waals surface area (Å²) in [6, 6.07) is 17.6. The molecule has 4 aliphatic carbocycles. The van der Waals surface area contributed by atoms with Crippen LogP contribution in [0, 0.1) is 23.7 Å². The first-order chi connectivity index (χ1) is 21.4. The van der Waals surface area contributed by atoms with Crippen molar-refractivity contribution in [3.8, 4) is 0 Å². The highest BCUT2D eigenvalue weighted by Crippen LogP contribution is 2.53. The first-order valence-electron chi connectivity index (χ1n) is 15.9. The molecule has 6 rings (SSSR count). The maximum atomic E-state index is 13.7. The Morgan fingerprint density at radius 3 is 1.98 bits per heavy atom. The minimum absolute atomic E-state index is 0.0217. The van der Waals surface area contributed by atoms with E-state index in [1.54, 1.807) is 11.8 Å². The van der Waals surface area contributed by atoms with Crippen molar-refractivity contribution in [2.75, 3.05) is 30.4 Å². The first kappa shape index (κ1) is 31.9. The molecule has 0 heterocycles. The van der Waals surface area contributed by atoms with Crippen LogP contribution >= 0.6 is 11.8 Å². The number of hydrogen-bond acceptors (Lipinski definition) is 6. The predicted octanol–water partition coefficient (Wildman–Crippen LogP) is 3.12. The summed E-state index contributed by atoms with van der Waals surface area (Å²) in [5.41, 5.74) is 1.76. The van der Waals surface area contributed by atoms with Gasteiger partial charge in [0.25, 0.3) is 0 Å². The number of nitrogens with one attached hydrogen (secondary N) is 5. The molecular weight excluding hydrogens is 574 g/mol. The second kappa shape index (κ2) is 15.5. The molecule has 2 atom stereocenters. The Morgan fingerprint density at radius 2 is 1.34 bits per heavy atom. The number of rotatable bonds is 15. The highest BCUT2D eigenvalue weighted by molar-refractivity contribution is 7.98. The van der Waals surface area contributed by atoms with Gasteiger partial charge >= 0.3 is 0 Å². The maximum Gasteiger partial charge on any atom is 0.243 e. The van der Waals surface area contributed by atoms with E-state index in [1.807, 2.05) is 66.9 Å². The zero-order valence-electron chi connectivity index (χ0n) is 25.4. The van der Waals surface area contributed by atoms with E-state index in [0.717, 1.165) is 23.1 Å². The van der Waals surface area contributed by atoms with E-state index in [4.69, 9.17) is 0 Å². The van der Waals surface area contributed by atoms with Crippen LogP contribution in [0.2, 0.25) is 0 Å². The summed E-state index contributed by atoms with van der Waals surface area (Å²) in [6.45, 7) is -0.267. The molecule has 4 fully saturated rings. The average molecular weight is 620 g/mol. The molecule has 9 nitrogen and oxygen atoms in total. The molecule has 10 heteroatoms. The quantitative estimate of drug-likeness (QED) is 0.209. The van der Waals surface area contributed by atoms with Crippen molar-refractivity contribution in [2.45, 2.75) is 63.1 Å². The third-order valence-corrected chi connectivity index (χ3v) is 10.0. The van der Waals surface area contributed by atoms with Crippen LogP contribution in [0.5, 0.6) is 0 Å². The lowest BCUT2D eigenvalue weighted by molar-refractivity contribution is -0.132. The molecule has 0 saturated heterocycles. The zero-order valence-corrected chi connectivity index (χ0v) is 26.2. The smallest absolute Gasteiger partial charge is 0.243 e. The average Bonchev–Trinajstić information content (AvgIpc) is 3.03. The summed E-state index contributed by atoms with van der Waals surface area (Å²) in [5.74, 6) is 1.97. The van der Waals surface area contributed by atoms with Gasteiger partial charge in [0.15, 0.2) is 0 Å². The van der Waals surface area contributed by atoms with Gasteiger partial charge in [-0.25, -0.2) is 0 Å². The molecule has 236 valence electrons. The molecule has 4 amide bonds. The van der Waals surface area contributed by atoms with Gasteiger partial charge in [-0.15, -0.1) is 0 Å². The lowest BCUT2D eigenvalue weighted by atomic mass is 9.54. The zero-order chi connectivity index (χ0) is 30.9. The van der Waals surface area contributed by atoms with Crippen LogP contribution < -0.4 is 26.6 Å². The van der Waals surface area contributed by atoms with Crippen LogP contribution in [0.1, 0.15) is 44.1 Å². The van der Waals surface area contributed by atoms with E-state index >= 15 is 0 Å². The minimum Gasteiger partial charge on any atom is -0.376 e. The molecule has 4 aliphatic rings. The highest BCUT2D eigenvalue weighted by Gasteiger charge is 2.49. The summed E-state index contributed by atoms with van der Waals surface area (Å²) in [7, 11) is 0. The van der Waals surface area contributed by atoms with Gasteiger partial charge in [-0.2, -0.15) is 11.8 Å². The molecule has 0 radical (unpaired) electrons. The number of carbonyl (C=O) groups excluding carboxylic acids is 4. The van der Waals surface area contributed by atoms with Crippen molar-refractivity contribution >= 4 is 41.1 Å². The van der Waals surface area contributed by atoms with Crippen LogP contribution in [-0.2, 0) is 25.6 Å². The van der Waals surface area contributed by atoms with Crippen molar-refractivity contribution in [3.05, 3.63) is 66.2 Å². The Bertz CT molecular complexity index is 1250. The van der Waals surface area contributed by atoms with E-state index in [9.17, 15) is 19.2 Å². The van der Waals surface area contributed by atoms with Crippen molar-refractivity contribution < 1.29 is 19.2 Å². The standard InChI is InChI=1S/C34H45N5O4S/c1-44-13-12-28(37-30(40)20-35-27-10-6-3-7-11-27)33(42)36-21-31(41)38-29(19-22-8-4-2-5-9-22)34(43)39-32-25-15-23-14-24(17-25)18-26(32)16-23/h2-11,23-26,28-29,32,35H,12-21H2,1H3,(H,36,42)(H,37,40)(H,38,41)(H,39,43)/t23?,24?,25?,26?,28-,29+,32?/m1/s1. The van der Waals surface area contributed by atoms with E-state index in [2.05, 4.69) is 26.6 Å². The Labute approximate surface area is 264 Å². The normalized spacial score (nSPS) is 24.5. The summed E-state index contributed by atoms with van der Waals surface area (Å²) >= 11 is 1.57. The summed E-state index contributed by atoms with van der Waals surface area (Å²) in [5, 5.41) is 14.7. The van der Waals surface area contributed by atoms with Gasteiger partial charge in [0.05, 0.1) is 13.1 Å². The molecule has 0 spiro atoms. The molecule has 0 aliphatic heterocycles. The second-order valence-corrected chi connectivity index (χ2v) is 13.6. The van der Waals surface area contributed by atoms with Gasteiger partial charge < -0.3 is 26.6 Å². The van der Waals surface area contributed by atoms with Crippen LogP contribution in [-0.4, -0.2) is 66.9 Å². The molecule has 0 unspecified atom stereocenters. The minimum atomic E-state index is -0.777. The first-order valence-corrected chi connectivity index (χ1v) is 17.3. The number of anilines is 1. The third kappa shape index (κ3) is 8.77. The Balaban J connectivity index is 1.15. The molecule has 44 heavy (non-hydrogen) atoms. The number of para-hydroxylation sites is 1. The summed E-state index contributed by atoms with van der Waals surface area (Å²) in [6.07, 6.45) is 8.83. The van der Waals surface area contributed by atoms with Crippen LogP contribution in [0.3, 0.4) is 0 Å². The maximum absolute atomic E-state index is 13.7. The SMILES string of the molecule is CSCC[C@@H](NC(=O)CNc1ccccc1)C(=O)NCC(=O)N[C@@H](Cc1ccccc1)C(=O)NC1C2CC3CC(C2)CC1C3. The van der Waals surface area contributed by atoms with Gasteiger partial charge in [0.2, 0.25) is 23.6 Å². The van der Waals surface area contributed by atoms with Crippen LogP contribution in [0.25, 0.3) is 0 Å². The largest absolute Gasteiger partial charge is 0.376 e. The van der Waals surface area contributed by atoms with Gasteiger partial charge in [0, 0.05) is 18.2 Å². The van der Waals surface area contributed by atoms with Gasteiger partial charge in [-0.1, -0.05) is 48.5 Å². The molecule has 4 saturated carbocycles. The third-order valence-electron chi connectivity index (χ3n) is 9.38. The summed E-state index contributed by atoms with van der Waals surface area (Å²) < 4.78 is 0. The fourth-order valence-corrected chi connectivity index (χ4v) is 7.98. The van der Waals surface area contributed by atoms with Crippen molar-refractivity contribution in [1.82, 2.24) is 21.3 Å². The molecular formula is C34H45N5O4S. The molecule has 4 bridgehead atoms. The van der Waals surface area contributed by atoms with E-state index < -0.39 is 23.9 Å². The Morgan fingerprint density at radius 1 is 0.750 bits per heavy atom. The van der Waals surface area contributed by atoms with E-state index in [-0.39, 0.29) is 30.9 Å². The van der Waals surface area contributed by atoms with Crippen LogP contribution in [0.4, 0.5) is 5.69 Å². The molecule has 5 N–H and O–H groups in total. The van der Waals surface area contributed by atoms with Crippen molar-refractivity contribution in [3.63, 3.8) is 0 Å². The number of hydrogen-bond donors (Lipinski definition) is 5. The fraction of sp³-hybridized carbons (Fsp3) is 0.529. The lowest BCUT2D eigenvalue weighted by Crippen LogP contribution is -2.60. The fourth-order valence-electron chi connectivity index (χ4n) is 7.51. The van der Waals surface area contributed by atoms with Gasteiger partial charge in [0.1, 0.15) is 12.1 Å². The number of benzene rings is 2. The molecule has 2 aromatic carbocycles. The van der Waals surface area contributed by atoms with Gasteiger partial charge in [-0.3, -0.25) is 19.2 Å². The van der Waals surface area contributed by atoms with Crippen LogP contribution in [0.15, 0.2) is 60.7 Å². The second-order valence-electron chi connectivity index (χ2n) is 12.6. The Hall–Kier alpha value is -3.53. The number of amides is 4. The highest BCUT2D eigenvalue weighted by atomic mass is 32.2. The van der Waals surface area contributed by atoms with E-state index in [1.165, 1.54) is 32.1 Å². The van der Waals surface area contributed by atoms with Crippen molar-refractivity contribution in [1.29, 1.82) is 0 Å². The monoisotopic (exact) mass is 619 g/mol.